The molecule has 5 rings (SSSR count). The van der Waals surface area contributed by atoms with Gasteiger partial charge in [0.05, 0.1) is 24.4 Å². The fourth-order valence-electron chi connectivity index (χ4n) is 5.11. The number of amides is 1. The zero-order valence-electron chi connectivity index (χ0n) is 20.9. The highest BCUT2D eigenvalue weighted by Gasteiger charge is 2.30. The maximum atomic E-state index is 13.0. The van der Waals surface area contributed by atoms with Gasteiger partial charge in [-0.1, -0.05) is 12.1 Å². The highest BCUT2D eigenvalue weighted by molar-refractivity contribution is 5.98. The number of fused-ring (bicyclic) bond motifs is 1. The Morgan fingerprint density at radius 3 is 2.54 bits per heavy atom. The van der Waals surface area contributed by atoms with E-state index in [4.69, 9.17) is 9.84 Å². The van der Waals surface area contributed by atoms with Crippen molar-refractivity contribution in [1.82, 2.24) is 14.7 Å². The normalized spacial score (nSPS) is 19.8. The second-order valence-corrected chi connectivity index (χ2v) is 10.7. The standard InChI is InChI=1S/C28H34N4O3/c1-28(2,3)32-26(15-25(30-32)19-7-9-22(33)14-19)29-21-8-12-24-20(13-21)17-31(27(24)34)16-18-5-10-23(35-4)11-6-18/h5-6,8,10-13,15,19,22,29,33H,7,9,14,16-17H2,1-4H3/t19-,22+/m0/s1. The minimum absolute atomic E-state index is 0.0594. The van der Waals surface area contributed by atoms with E-state index in [1.54, 1.807) is 7.11 Å². The van der Waals surface area contributed by atoms with Gasteiger partial charge < -0.3 is 20.1 Å². The molecule has 1 amide bonds. The van der Waals surface area contributed by atoms with Crippen molar-refractivity contribution in [3.05, 3.63) is 70.9 Å². The summed E-state index contributed by atoms with van der Waals surface area (Å²) >= 11 is 0. The molecule has 2 atom stereocenters. The number of aromatic nitrogens is 2. The van der Waals surface area contributed by atoms with Crippen LogP contribution in [-0.4, -0.2) is 38.9 Å². The van der Waals surface area contributed by atoms with Crippen LogP contribution in [0.4, 0.5) is 11.5 Å². The Bertz CT molecular complexity index is 1230. The molecule has 3 aromatic rings. The number of anilines is 2. The summed E-state index contributed by atoms with van der Waals surface area (Å²) in [5.74, 6) is 2.08. The highest BCUT2D eigenvalue weighted by atomic mass is 16.5. The van der Waals surface area contributed by atoms with E-state index in [0.29, 0.717) is 19.0 Å². The van der Waals surface area contributed by atoms with Gasteiger partial charge in [0.15, 0.2) is 0 Å². The molecule has 0 radical (unpaired) electrons. The Kier molecular flexibility index (Phi) is 6.05. The molecule has 2 N–H and O–H groups in total. The first-order valence-electron chi connectivity index (χ1n) is 12.3. The largest absolute Gasteiger partial charge is 0.497 e. The van der Waals surface area contributed by atoms with Gasteiger partial charge in [-0.2, -0.15) is 5.10 Å². The number of carbonyl (C=O) groups is 1. The van der Waals surface area contributed by atoms with E-state index in [1.165, 1.54) is 0 Å². The average molecular weight is 475 g/mol. The lowest BCUT2D eigenvalue weighted by molar-refractivity contribution is 0.0766. The smallest absolute Gasteiger partial charge is 0.254 e. The van der Waals surface area contributed by atoms with Crippen LogP contribution in [0, 0.1) is 0 Å². The summed E-state index contributed by atoms with van der Waals surface area (Å²) in [6, 6.07) is 15.9. The minimum Gasteiger partial charge on any atom is -0.497 e. The van der Waals surface area contributed by atoms with Crippen molar-refractivity contribution in [2.45, 2.75) is 70.7 Å². The van der Waals surface area contributed by atoms with Gasteiger partial charge in [-0.15, -0.1) is 0 Å². The van der Waals surface area contributed by atoms with Gasteiger partial charge >= 0.3 is 0 Å². The molecule has 35 heavy (non-hydrogen) atoms. The molecule has 2 aliphatic rings. The predicted octanol–water partition coefficient (Wildman–Crippen LogP) is 5.17. The molecule has 0 unspecified atom stereocenters. The van der Waals surface area contributed by atoms with Crippen LogP contribution in [0.15, 0.2) is 48.5 Å². The molecule has 1 aliphatic heterocycles. The first-order valence-corrected chi connectivity index (χ1v) is 12.3. The molecule has 184 valence electrons. The Labute approximate surface area is 206 Å². The molecule has 2 heterocycles. The van der Waals surface area contributed by atoms with Crippen molar-refractivity contribution in [3.63, 3.8) is 0 Å². The number of nitrogens with one attached hydrogen (secondary N) is 1. The molecule has 1 fully saturated rings. The van der Waals surface area contributed by atoms with Gasteiger partial charge in [-0.05, 0) is 81.5 Å². The molecular formula is C28H34N4O3. The van der Waals surface area contributed by atoms with Gasteiger partial charge in [0.25, 0.3) is 5.91 Å². The van der Waals surface area contributed by atoms with Crippen LogP contribution in [0.3, 0.4) is 0 Å². The lowest BCUT2D eigenvalue weighted by Crippen LogP contribution is -2.24. The topological polar surface area (TPSA) is 79.6 Å². The number of hydrogen-bond acceptors (Lipinski definition) is 5. The molecule has 7 heteroatoms. The van der Waals surface area contributed by atoms with E-state index >= 15 is 0 Å². The van der Waals surface area contributed by atoms with E-state index in [2.05, 4.69) is 38.2 Å². The van der Waals surface area contributed by atoms with Gasteiger partial charge in [0.2, 0.25) is 0 Å². The number of carbonyl (C=O) groups excluding carboxylic acids is 1. The van der Waals surface area contributed by atoms with E-state index in [0.717, 1.165) is 58.9 Å². The SMILES string of the molecule is COc1ccc(CN2Cc3cc(Nc4cc([C@H]5CC[C@@H](O)C5)nn4C(C)(C)C)ccc3C2=O)cc1. The Balaban J connectivity index is 1.35. The highest BCUT2D eigenvalue weighted by Crippen LogP contribution is 2.37. The summed E-state index contributed by atoms with van der Waals surface area (Å²) < 4.78 is 7.26. The van der Waals surface area contributed by atoms with Gasteiger partial charge in [0, 0.05) is 36.3 Å². The zero-order valence-corrected chi connectivity index (χ0v) is 20.9. The van der Waals surface area contributed by atoms with Crippen molar-refractivity contribution in [2.75, 3.05) is 12.4 Å². The lowest BCUT2D eigenvalue weighted by atomic mass is 10.0. The Hall–Kier alpha value is -3.32. The number of benzene rings is 2. The number of aliphatic hydroxyl groups excluding tert-OH is 1. The van der Waals surface area contributed by atoms with Crippen molar-refractivity contribution < 1.29 is 14.6 Å². The lowest BCUT2D eigenvalue weighted by Gasteiger charge is -2.23. The minimum atomic E-state index is -0.230. The molecular weight excluding hydrogens is 440 g/mol. The van der Waals surface area contributed by atoms with Crippen LogP contribution in [0.2, 0.25) is 0 Å². The number of nitrogens with zero attached hydrogens (tertiary/aromatic N) is 3. The first kappa shape index (κ1) is 23.4. The summed E-state index contributed by atoms with van der Waals surface area (Å²) in [5, 5.41) is 18.5. The second-order valence-electron chi connectivity index (χ2n) is 10.7. The molecule has 7 nitrogen and oxygen atoms in total. The van der Waals surface area contributed by atoms with Crippen molar-refractivity contribution >= 4 is 17.4 Å². The molecule has 0 spiro atoms. The van der Waals surface area contributed by atoms with Crippen LogP contribution < -0.4 is 10.1 Å². The fraction of sp³-hybridized carbons (Fsp3) is 0.429. The predicted molar refractivity (Wildman–Crippen MR) is 136 cm³/mol. The zero-order chi connectivity index (χ0) is 24.7. The summed E-state index contributed by atoms with van der Waals surface area (Å²) in [5.41, 5.74) is 4.62. The quantitative estimate of drug-likeness (QED) is 0.515. The molecule has 0 bridgehead atoms. The molecule has 1 aliphatic carbocycles. The Morgan fingerprint density at radius 2 is 1.89 bits per heavy atom. The molecule has 1 saturated carbocycles. The van der Waals surface area contributed by atoms with Crippen LogP contribution >= 0.6 is 0 Å². The van der Waals surface area contributed by atoms with Crippen molar-refractivity contribution in [1.29, 1.82) is 0 Å². The van der Waals surface area contributed by atoms with Crippen LogP contribution in [0.5, 0.6) is 5.75 Å². The first-order chi connectivity index (χ1) is 16.7. The van der Waals surface area contributed by atoms with Crippen LogP contribution in [0.25, 0.3) is 0 Å². The summed E-state index contributed by atoms with van der Waals surface area (Å²) in [6.07, 6.45) is 2.34. The third kappa shape index (κ3) is 4.78. The third-order valence-electron chi connectivity index (χ3n) is 6.98. The fourth-order valence-corrected chi connectivity index (χ4v) is 5.11. The summed E-state index contributed by atoms with van der Waals surface area (Å²) in [4.78, 5) is 14.9. The number of hydrogen-bond donors (Lipinski definition) is 2. The number of methoxy groups -OCH3 is 1. The van der Waals surface area contributed by atoms with E-state index in [9.17, 15) is 9.90 Å². The monoisotopic (exact) mass is 474 g/mol. The molecule has 2 aromatic carbocycles. The van der Waals surface area contributed by atoms with Crippen LogP contribution in [-0.2, 0) is 18.6 Å². The van der Waals surface area contributed by atoms with E-state index in [1.807, 2.05) is 46.0 Å². The number of rotatable bonds is 6. The molecule has 1 aromatic heterocycles. The van der Waals surface area contributed by atoms with Gasteiger partial charge in [0.1, 0.15) is 11.6 Å². The van der Waals surface area contributed by atoms with Crippen LogP contribution in [0.1, 0.15) is 73.1 Å². The summed E-state index contributed by atoms with van der Waals surface area (Å²) in [7, 11) is 1.65. The summed E-state index contributed by atoms with van der Waals surface area (Å²) in [6.45, 7) is 7.55. The van der Waals surface area contributed by atoms with Crippen molar-refractivity contribution in [3.8, 4) is 5.75 Å². The van der Waals surface area contributed by atoms with Gasteiger partial charge in [-0.3, -0.25) is 4.79 Å². The maximum absolute atomic E-state index is 13.0. The number of aliphatic hydroxyl groups is 1. The average Bonchev–Trinajstić information content (AvgIpc) is 3.52. The van der Waals surface area contributed by atoms with Gasteiger partial charge in [-0.25, -0.2) is 4.68 Å². The van der Waals surface area contributed by atoms with Crippen molar-refractivity contribution in [2.24, 2.45) is 0 Å². The second kappa shape index (κ2) is 9.04. The Morgan fingerprint density at radius 1 is 1.11 bits per heavy atom. The maximum Gasteiger partial charge on any atom is 0.254 e. The molecule has 0 saturated heterocycles. The third-order valence-corrected chi connectivity index (χ3v) is 6.98. The van der Waals surface area contributed by atoms with E-state index < -0.39 is 0 Å². The number of ether oxygens (including phenoxy) is 1. The van der Waals surface area contributed by atoms with E-state index in [-0.39, 0.29) is 17.6 Å².